The summed E-state index contributed by atoms with van der Waals surface area (Å²) in [6.07, 6.45) is 1.14. The van der Waals surface area contributed by atoms with Gasteiger partial charge in [-0.2, -0.15) is 4.98 Å². The lowest BCUT2D eigenvalue weighted by molar-refractivity contribution is 0.0956. The molecule has 0 aromatic carbocycles. The number of amides is 2. The van der Waals surface area contributed by atoms with Crippen LogP contribution in [-0.4, -0.2) is 29.0 Å². The fourth-order valence-corrected chi connectivity index (χ4v) is 1.20. The SMILES string of the molecule is CNC(=O)c1coc(NC(=O)c2cc(C)on2)n1. The van der Waals surface area contributed by atoms with Crippen LogP contribution in [0.5, 0.6) is 0 Å². The van der Waals surface area contributed by atoms with Crippen LogP contribution in [0.4, 0.5) is 6.01 Å². The molecule has 0 aliphatic carbocycles. The van der Waals surface area contributed by atoms with Crippen LogP contribution < -0.4 is 10.6 Å². The molecule has 8 nitrogen and oxygen atoms in total. The van der Waals surface area contributed by atoms with Crippen LogP contribution in [-0.2, 0) is 0 Å². The highest BCUT2D eigenvalue weighted by Gasteiger charge is 2.16. The monoisotopic (exact) mass is 250 g/mol. The molecule has 0 aliphatic rings. The number of hydrogen-bond donors (Lipinski definition) is 2. The minimum Gasteiger partial charge on any atom is -0.431 e. The zero-order valence-corrected chi connectivity index (χ0v) is 9.68. The van der Waals surface area contributed by atoms with E-state index in [-0.39, 0.29) is 17.4 Å². The van der Waals surface area contributed by atoms with Gasteiger partial charge >= 0.3 is 6.01 Å². The van der Waals surface area contributed by atoms with Crippen LogP contribution in [0.1, 0.15) is 26.7 Å². The second-order valence-electron chi connectivity index (χ2n) is 3.39. The van der Waals surface area contributed by atoms with Gasteiger partial charge in [-0.15, -0.1) is 0 Å². The Bertz CT molecular complexity index is 586. The number of hydrogen-bond acceptors (Lipinski definition) is 6. The predicted molar refractivity (Wildman–Crippen MR) is 59.1 cm³/mol. The van der Waals surface area contributed by atoms with E-state index in [9.17, 15) is 9.59 Å². The third-order valence-corrected chi connectivity index (χ3v) is 2.04. The zero-order chi connectivity index (χ0) is 13.1. The first-order valence-electron chi connectivity index (χ1n) is 5.02. The van der Waals surface area contributed by atoms with Gasteiger partial charge in [0.2, 0.25) is 0 Å². The average molecular weight is 250 g/mol. The topological polar surface area (TPSA) is 110 Å². The molecule has 2 amide bonds. The first-order valence-corrected chi connectivity index (χ1v) is 5.02. The summed E-state index contributed by atoms with van der Waals surface area (Å²) in [6.45, 7) is 1.67. The number of anilines is 1. The Balaban J connectivity index is 2.08. The molecule has 18 heavy (non-hydrogen) atoms. The highest BCUT2D eigenvalue weighted by atomic mass is 16.5. The maximum absolute atomic E-state index is 11.6. The summed E-state index contributed by atoms with van der Waals surface area (Å²) in [4.78, 5) is 26.6. The van der Waals surface area contributed by atoms with E-state index in [1.807, 2.05) is 0 Å². The number of aryl methyl sites for hydroxylation is 1. The van der Waals surface area contributed by atoms with E-state index in [1.165, 1.54) is 13.1 Å². The van der Waals surface area contributed by atoms with E-state index in [2.05, 4.69) is 20.8 Å². The molecule has 0 unspecified atom stereocenters. The van der Waals surface area contributed by atoms with Crippen molar-refractivity contribution in [1.29, 1.82) is 0 Å². The van der Waals surface area contributed by atoms with Crippen LogP contribution in [0.3, 0.4) is 0 Å². The van der Waals surface area contributed by atoms with E-state index < -0.39 is 11.8 Å². The van der Waals surface area contributed by atoms with Gasteiger partial charge in [-0.05, 0) is 6.92 Å². The van der Waals surface area contributed by atoms with Crippen LogP contribution in [0, 0.1) is 6.92 Å². The van der Waals surface area contributed by atoms with E-state index in [4.69, 9.17) is 8.94 Å². The molecular weight excluding hydrogens is 240 g/mol. The van der Waals surface area contributed by atoms with Crippen molar-refractivity contribution in [3.05, 3.63) is 29.5 Å². The summed E-state index contributed by atoms with van der Waals surface area (Å²) in [7, 11) is 1.47. The van der Waals surface area contributed by atoms with E-state index in [1.54, 1.807) is 6.92 Å². The third kappa shape index (κ3) is 2.37. The first-order chi connectivity index (χ1) is 8.60. The van der Waals surface area contributed by atoms with Gasteiger partial charge in [-0.3, -0.25) is 14.9 Å². The maximum Gasteiger partial charge on any atom is 0.302 e. The summed E-state index contributed by atoms with van der Waals surface area (Å²) in [5, 5.41) is 8.27. The molecule has 0 saturated heterocycles. The van der Waals surface area contributed by atoms with Gasteiger partial charge in [0.25, 0.3) is 11.8 Å². The molecule has 8 heteroatoms. The molecule has 0 aliphatic heterocycles. The van der Waals surface area contributed by atoms with Gasteiger partial charge in [0.05, 0.1) is 0 Å². The molecule has 2 aromatic rings. The van der Waals surface area contributed by atoms with Crippen molar-refractivity contribution < 1.29 is 18.5 Å². The van der Waals surface area contributed by atoms with Gasteiger partial charge in [0.15, 0.2) is 11.4 Å². The summed E-state index contributed by atoms with van der Waals surface area (Å²) >= 11 is 0. The highest BCUT2D eigenvalue weighted by Crippen LogP contribution is 2.09. The standard InChI is InChI=1S/C10H10N4O4/c1-5-3-6(14-18-5)9(16)13-10-12-7(4-17-10)8(15)11-2/h3-4H,1-2H3,(H,11,15)(H,12,13,16). The molecule has 0 atom stereocenters. The fourth-order valence-electron chi connectivity index (χ4n) is 1.20. The number of carbonyl (C=O) groups is 2. The largest absolute Gasteiger partial charge is 0.431 e. The van der Waals surface area contributed by atoms with Crippen LogP contribution in [0.2, 0.25) is 0 Å². The minimum atomic E-state index is -0.530. The molecule has 2 rings (SSSR count). The third-order valence-electron chi connectivity index (χ3n) is 2.04. The Morgan fingerprint density at radius 3 is 2.67 bits per heavy atom. The molecule has 0 saturated carbocycles. The number of nitrogens with zero attached hydrogens (tertiary/aromatic N) is 2. The smallest absolute Gasteiger partial charge is 0.302 e. The molecule has 2 aromatic heterocycles. The zero-order valence-electron chi connectivity index (χ0n) is 9.68. The Morgan fingerprint density at radius 1 is 1.28 bits per heavy atom. The van der Waals surface area contributed by atoms with Gasteiger partial charge in [0.1, 0.15) is 12.0 Å². The van der Waals surface area contributed by atoms with Crippen molar-refractivity contribution in [3.8, 4) is 0 Å². The second-order valence-corrected chi connectivity index (χ2v) is 3.39. The Morgan fingerprint density at radius 2 is 2.06 bits per heavy atom. The highest BCUT2D eigenvalue weighted by molar-refractivity contribution is 6.02. The maximum atomic E-state index is 11.6. The van der Waals surface area contributed by atoms with Crippen molar-refractivity contribution in [1.82, 2.24) is 15.5 Å². The summed E-state index contributed by atoms with van der Waals surface area (Å²) in [5.41, 5.74) is 0.177. The lowest BCUT2D eigenvalue weighted by Crippen LogP contribution is -2.18. The molecule has 2 heterocycles. The fraction of sp³-hybridized carbons (Fsp3) is 0.200. The summed E-state index contributed by atoms with van der Waals surface area (Å²) in [5.74, 6) is -0.424. The minimum absolute atomic E-state index is 0.0733. The first kappa shape index (κ1) is 11.8. The number of aromatic nitrogens is 2. The van der Waals surface area contributed by atoms with Crippen LogP contribution in [0.25, 0.3) is 0 Å². The van der Waals surface area contributed by atoms with Crippen LogP contribution in [0.15, 0.2) is 21.3 Å². The number of nitrogens with one attached hydrogen (secondary N) is 2. The van der Waals surface area contributed by atoms with Crippen molar-refractivity contribution in [2.45, 2.75) is 6.92 Å². The van der Waals surface area contributed by atoms with Gasteiger partial charge < -0.3 is 14.3 Å². The molecule has 2 N–H and O–H groups in total. The summed E-state index contributed by atoms with van der Waals surface area (Å²) < 4.78 is 9.68. The lowest BCUT2D eigenvalue weighted by atomic mass is 10.3. The molecule has 0 fully saturated rings. The van der Waals surface area contributed by atoms with Gasteiger partial charge in [0, 0.05) is 13.1 Å². The van der Waals surface area contributed by atoms with Gasteiger partial charge in [-0.1, -0.05) is 5.16 Å². The van der Waals surface area contributed by atoms with E-state index in [0.717, 1.165) is 6.26 Å². The van der Waals surface area contributed by atoms with Crippen molar-refractivity contribution in [2.24, 2.45) is 0 Å². The van der Waals surface area contributed by atoms with Gasteiger partial charge in [-0.25, -0.2) is 0 Å². The Hall–Kier alpha value is -2.64. The van der Waals surface area contributed by atoms with Crippen LogP contribution >= 0.6 is 0 Å². The Kier molecular flexibility index (Phi) is 3.09. The average Bonchev–Trinajstić information content (AvgIpc) is 2.97. The Labute approximate surface area is 101 Å². The van der Waals surface area contributed by atoms with Crippen molar-refractivity contribution >= 4 is 17.8 Å². The number of carbonyl (C=O) groups excluding carboxylic acids is 2. The second kappa shape index (κ2) is 4.70. The van der Waals surface area contributed by atoms with Crippen molar-refractivity contribution in [3.63, 3.8) is 0 Å². The van der Waals surface area contributed by atoms with Crippen molar-refractivity contribution in [2.75, 3.05) is 12.4 Å². The quantitative estimate of drug-likeness (QED) is 0.824. The predicted octanol–water partition coefficient (Wildman–Crippen LogP) is 0.583. The lowest BCUT2D eigenvalue weighted by Gasteiger charge is -1.95. The molecule has 94 valence electrons. The molecule has 0 bridgehead atoms. The molecule has 0 spiro atoms. The molecule has 0 radical (unpaired) electrons. The molecular formula is C10H10N4O4. The van der Waals surface area contributed by atoms with E-state index >= 15 is 0 Å². The number of rotatable bonds is 3. The summed E-state index contributed by atoms with van der Waals surface area (Å²) in [6, 6.07) is 1.39. The number of oxazole rings is 1. The normalized spacial score (nSPS) is 10.1. The van der Waals surface area contributed by atoms with E-state index in [0.29, 0.717) is 5.76 Å².